The molecule has 0 aliphatic carbocycles. The van der Waals surface area contributed by atoms with Crippen molar-refractivity contribution >= 4 is 11.3 Å². The molecule has 16 heavy (non-hydrogen) atoms. The maximum Gasteiger partial charge on any atom is 0.223 e. The van der Waals surface area contributed by atoms with Crippen LogP contribution in [0.5, 0.6) is 0 Å². The van der Waals surface area contributed by atoms with E-state index in [-0.39, 0.29) is 0 Å². The van der Waals surface area contributed by atoms with E-state index in [1.807, 2.05) is 6.92 Å². The Morgan fingerprint density at radius 1 is 1.44 bits per heavy atom. The minimum absolute atomic E-state index is 0.557. The first-order valence-corrected chi connectivity index (χ1v) is 6.36. The summed E-state index contributed by atoms with van der Waals surface area (Å²) < 4.78 is 5.01. The van der Waals surface area contributed by atoms with Crippen LogP contribution in [0.3, 0.4) is 0 Å². The second kappa shape index (κ2) is 4.37. The Kier molecular flexibility index (Phi) is 3.10. The van der Waals surface area contributed by atoms with Gasteiger partial charge in [0.2, 0.25) is 11.7 Å². The Balaban J connectivity index is 2.43. The molecule has 2 aromatic heterocycles. The number of nitrogens with zero attached hydrogens (tertiary/aromatic N) is 2. The first-order chi connectivity index (χ1) is 7.61. The fraction of sp³-hybridized carbons (Fsp3) is 0.500. The second-order valence-electron chi connectivity index (χ2n) is 4.15. The van der Waals surface area contributed by atoms with Crippen LogP contribution in [-0.4, -0.2) is 10.1 Å². The predicted molar refractivity (Wildman–Crippen MR) is 65.8 cm³/mol. The fourth-order valence-electron chi connectivity index (χ4n) is 1.72. The zero-order chi connectivity index (χ0) is 11.7. The highest BCUT2D eigenvalue weighted by atomic mass is 32.1. The molecule has 86 valence electrons. The summed E-state index contributed by atoms with van der Waals surface area (Å²) in [7, 11) is 0. The number of aryl methyl sites for hydroxylation is 2. The van der Waals surface area contributed by atoms with Gasteiger partial charge in [0.1, 0.15) is 0 Å². The number of thiophene rings is 1. The third kappa shape index (κ3) is 2.02. The molecule has 0 aromatic carbocycles. The lowest BCUT2D eigenvalue weighted by Crippen LogP contribution is -1.87. The van der Waals surface area contributed by atoms with Gasteiger partial charge in [-0.15, -0.1) is 11.3 Å². The summed E-state index contributed by atoms with van der Waals surface area (Å²) in [4.78, 5) is 6.80. The molecule has 2 aromatic rings. The van der Waals surface area contributed by atoms with Crippen molar-refractivity contribution in [2.75, 3.05) is 0 Å². The van der Waals surface area contributed by atoms with E-state index < -0.39 is 0 Å². The first-order valence-electron chi connectivity index (χ1n) is 5.55. The molecule has 2 heterocycles. The van der Waals surface area contributed by atoms with Gasteiger partial charge < -0.3 is 4.52 Å². The lowest BCUT2D eigenvalue weighted by Gasteiger charge is -2.03. The lowest BCUT2D eigenvalue weighted by atomic mass is 10.1. The average Bonchev–Trinajstić information content (AvgIpc) is 2.82. The fourth-order valence-corrected chi connectivity index (χ4v) is 2.90. The minimum Gasteiger partial charge on any atom is -0.339 e. The van der Waals surface area contributed by atoms with Crippen molar-refractivity contribution < 1.29 is 4.52 Å². The van der Waals surface area contributed by atoms with Gasteiger partial charge in [0.25, 0.3) is 0 Å². The van der Waals surface area contributed by atoms with Gasteiger partial charge in [0.05, 0.1) is 4.88 Å². The number of aromatic nitrogens is 2. The number of hydrogen-bond acceptors (Lipinski definition) is 4. The summed E-state index contributed by atoms with van der Waals surface area (Å²) >= 11 is 1.77. The summed E-state index contributed by atoms with van der Waals surface area (Å²) in [5.74, 6) is 1.89. The summed E-state index contributed by atoms with van der Waals surface area (Å²) in [5.41, 5.74) is 1.40. The molecule has 0 atom stereocenters. The molecule has 3 nitrogen and oxygen atoms in total. The SMILES string of the molecule is CCc1cc(-c2noc(C)n2)sc1C(C)C. The second-order valence-corrected chi connectivity index (χ2v) is 5.23. The molecule has 0 amide bonds. The van der Waals surface area contributed by atoms with Crippen LogP contribution in [0.2, 0.25) is 0 Å². The van der Waals surface area contributed by atoms with Crippen LogP contribution in [-0.2, 0) is 6.42 Å². The van der Waals surface area contributed by atoms with Gasteiger partial charge in [-0.1, -0.05) is 25.9 Å². The van der Waals surface area contributed by atoms with E-state index in [9.17, 15) is 0 Å². The first kappa shape index (κ1) is 11.3. The molecule has 4 heteroatoms. The van der Waals surface area contributed by atoms with Gasteiger partial charge in [0.15, 0.2) is 0 Å². The number of rotatable bonds is 3. The molecule has 0 aliphatic heterocycles. The molecule has 0 aliphatic rings. The van der Waals surface area contributed by atoms with Crippen LogP contribution in [0.15, 0.2) is 10.6 Å². The normalized spacial score (nSPS) is 11.3. The zero-order valence-corrected chi connectivity index (χ0v) is 10.9. The van der Waals surface area contributed by atoms with E-state index in [1.54, 1.807) is 11.3 Å². The van der Waals surface area contributed by atoms with Gasteiger partial charge in [0, 0.05) is 11.8 Å². The standard InChI is InChI=1S/C12H16N2OS/c1-5-9-6-10(16-11(9)7(2)3)12-13-8(4)15-14-12/h6-7H,5H2,1-4H3. The van der Waals surface area contributed by atoms with Crippen molar-refractivity contribution in [3.63, 3.8) is 0 Å². The maximum atomic E-state index is 5.01. The van der Waals surface area contributed by atoms with Crippen LogP contribution in [0.25, 0.3) is 10.7 Å². The maximum absolute atomic E-state index is 5.01. The molecular formula is C12H16N2OS. The summed E-state index contributed by atoms with van der Waals surface area (Å²) in [6, 6.07) is 2.18. The largest absolute Gasteiger partial charge is 0.339 e. The lowest BCUT2D eigenvalue weighted by molar-refractivity contribution is 0.394. The zero-order valence-electron chi connectivity index (χ0n) is 10.1. The Labute approximate surface area is 99.5 Å². The Morgan fingerprint density at radius 3 is 2.62 bits per heavy atom. The van der Waals surface area contributed by atoms with Gasteiger partial charge in [-0.05, 0) is 24.0 Å². The molecule has 0 fully saturated rings. The number of hydrogen-bond donors (Lipinski definition) is 0. The molecule has 0 saturated carbocycles. The quantitative estimate of drug-likeness (QED) is 0.813. The van der Waals surface area contributed by atoms with E-state index in [0.29, 0.717) is 17.6 Å². The van der Waals surface area contributed by atoms with Gasteiger partial charge in [-0.3, -0.25) is 0 Å². The van der Waals surface area contributed by atoms with Crippen LogP contribution in [0.1, 0.15) is 43.0 Å². The van der Waals surface area contributed by atoms with Crippen molar-refractivity contribution in [1.82, 2.24) is 10.1 Å². The van der Waals surface area contributed by atoms with Crippen LogP contribution in [0, 0.1) is 6.92 Å². The van der Waals surface area contributed by atoms with E-state index in [1.165, 1.54) is 10.4 Å². The predicted octanol–water partition coefficient (Wildman–Crippen LogP) is 3.79. The van der Waals surface area contributed by atoms with Gasteiger partial charge in [-0.25, -0.2) is 0 Å². The van der Waals surface area contributed by atoms with Crippen molar-refractivity contribution in [3.8, 4) is 10.7 Å². The van der Waals surface area contributed by atoms with Crippen LogP contribution in [0.4, 0.5) is 0 Å². The smallest absolute Gasteiger partial charge is 0.223 e. The Hall–Kier alpha value is -1.16. The third-order valence-electron chi connectivity index (χ3n) is 2.49. The average molecular weight is 236 g/mol. The molecular weight excluding hydrogens is 220 g/mol. The molecule has 0 unspecified atom stereocenters. The van der Waals surface area contributed by atoms with E-state index in [0.717, 1.165) is 11.3 Å². The van der Waals surface area contributed by atoms with Crippen LogP contribution < -0.4 is 0 Å². The van der Waals surface area contributed by atoms with Gasteiger partial charge >= 0.3 is 0 Å². The molecule has 2 rings (SSSR count). The van der Waals surface area contributed by atoms with E-state index in [4.69, 9.17) is 4.52 Å². The van der Waals surface area contributed by atoms with Crippen molar-refractivity contribution in [3.05, 3.63) is 22.4 Å². The highest BCUT2D eigenvalue weighted by molar-refractivity contribution is 7.15. The minimum atomic E-state index is 0.557. The summed E-state index contributed by atoms with van der Waals surface area (Å²) in [6.45, 7) is 8.43. The molecule has 0 N–H and O–H groups in total. The molecule has 0 radical (unpaired) electrons. The van der Waals surface area contributed by atoms with E-state index >= 15 is 0 Å². The highest BCUT2D eigenvalue weighted by Crippen LogP contribution is 2.34. The van der Waals surface area contributed by atoms with Crippen LogP contribution >= 0.6 is 11.3 Å². The third-order valence-corrected chi connectivity index (χ3v) is 3.97. The summed E-state index contributed by atoms with van der Waals surface area (Å²) in [5, 5.41) is 3.96. The Morgan fingerprint density at radius 2 is 2.19 bits per heavy atom. The van der Waals surface area contributed by atoms with Crippen molar-refractivity contribution in [2.45, 2.75) is 40.0 Å². The van der Waals surface area contributed by atoms with Gasteiger partial charge in [-0.2, -0.15) is 4.98 Å². The van der Waals surface area contributed by atoms with Crippen molar-refractivity contribution in [2.24, 2.45) is 0 Å². The molecule has 0 spiro atoms. The monoisotopic (exact) mass is 236 g/mol. The van der Waals surface area contributed by atoms with E-state index in [2.05, 4.69) is 37.0 Å². The molecule has 0 bridgehead atoms. The van der Waals surface area contributed by atoms with Crippen molar-refractivity contribution in [1.29, 1.82) is 0 Å². The summed E-state index contributed by atoms with van der Waals surface area (Å²) in [6.07, 6.45) is 1.06. The Bertz CT molecular complexity index is 485. The topological polar surface area (TPSA) is 38.9 Å². The molecule has 0 saturated heterocycles. The highest BCUT2D eigenvalue weighted by Gasteiger charge is 2.15.